The number of methoxy groups -OCH3 is 1. The fourth-order valence-corrected chi connectivity index (χ4v) is 2.18. The van der Waals surface area contributed by atoms with Gasteiger partial charge < -0.3 is 19.9 Å². The van der Waals surface area contributed by atoms with Crippen molar-refractivity contribution in [3.8, 4) is 11.5 Å². The normalized spacial score (nSPS) is 10.0. The molecule has 5 heteroatoms. The third-order valence-corrected chi connectivity index (χ3v) is 3.34. The van der Waals surface area contributed by atoms with Crippen LogP contribution in [0.5, 0.6) is 11.5 Å². The molecule has 0 bridgehead atoms. The highest BCUT2D eigenvalue weighted by atomic mass is 35.5. The fraction of sp³-hybridized carbons (Fsp3) is 0.333. The number of hydrogen-bond acceptors (Lipinski definition) is 4. The van der Waals surface area contributed by atoms with Gasteiger partial charge in [0, 0.05) is 19.5 Å². The molecule has 126 valence electrons. The minimum Gasteiger partial charge on any atom is -0.493 e. The Hall–Kier alpha value is -1.75. The number of ether oxygens (including phenoxy) is 2. The van der Waals surface area contributed by atoms with E-state index in [1.807, 2.05) is 36.4 Å². The lowest BCUT2D eigenvalue weighted by Gasteiger charge is -2.12. The SMILES string of the molecule is COc1cc(CNCCO)ccc1OCCc1ccccc1.Cl. The van der Waals surface area contributed by atoms with Gasteiger partial charge in [0.25, 0.3) is 0 Å². The predicted octanol–water partition coefficient (Wildman–Crippen LogP) is 2.82. The van der Waals surface area contributed by atoms with E-state index >= 15 is 0 Å². The van der Waals surface area contributed by atoms with Gasteiger partial charge in [-0.15, -0.1) is 12.4 Å². The summed E-state index contributed by atoms with van der Waals surface area (Å²) in [5, 5.41) is 11.9. The van der Waals surface area contributed by atoms with Crippen LogP contribution < -0.4 is 14.8 Å². The van der Waals surface area contributed by atoms with Crippen molar-refractivity contribution in [2.45, 2.75) is 13.0 Å². The highest BCUT2D eigenvalue weighted by molar-refractivity contribution is 5.85. The van der Waals surface area contributed by atoms with Crippen molar-refractivity contribution in [2.24, 2.45) is 0 Å². The molecule has 2 aromatic rings. The van der Waals surface area contributed by atoms with Crippen molar-refractivity contribution in [1.29, 1.82) is 0 Å². The van der Waals surface area contributed by atoms with Gasteiger partial charge in [0.2, 0.25) is 0 Å². The monoisotopic (exact) mass is 337 g/mol. The van der Waals surface area contributed by atoms with Crippen LogP contribution in [-0.2, 0) is 13.0 Å². The summed E-state index contributed by atoms with van der Waals surface area (Å²) in [5.74, 6) is 1.49. The lowest BCUT2D eigenvalue weighted by Crippen LogP contribution is -2.17. The molecule has 0 saturated heterocycles. The smallest absolute Gasteiger partial charge is 0.161 e. The molecule has 4 nitrogen and oxygen atoms in total. The molecule has 0 amide bonds. The second-order valence-electron chi connectivity index (χ2n) is 4.97. The first kappa shape index (κ1) is 19.3. The lowest BCUT2D eigenvalue weighted by atomic mass is 10.1. The zero-order valence-electron chi connectivity index (χ0n) is 13.3. The number of hydrogen-bond donors (Lipinski definition) is 2. The van der Waals surface area contributed by atoms with Crippen LogP contribution in [0, 0.1) is 0 Å². The summed E-state index contributed by atoms with van der Waals surface area (Å²) in [6.07, 6.45) is 0.865. The fourth-order valence-electron chi connectivity index (χ4n) is 2.18. The molecule has 0 unspecified atom stereocenters. The zero-order valence-corrected chi connectivity index (χ0v) is 14.1. The molecule has 0 aliphatic carbocycles. The summed E-state index contributed by atoms with van der Waals surface area (Å²) >= 11 is 0. The Morgan fingerprint density at radius 2 is 1.78 bits per heavy atom. The molecule has 2 rings (SSSR count). The molecule has 23 heavy (non-hydrogen) atoms. The summed E-state index contributed by atoms with van der Waals surface area (Å²) in [4.78, 5) is 0. The molecule has 0 radical (unpaired) electrons. The molecular weight excluding hydrogens is 314 g/mol. The highest BCUT2D eigenvalue weighted by Crippen LogP contribution is 2.28. The Bertz CT molecular complexity index is 563. The number of aliphatic hydroxyl groups is 1. The van der Waals surface area contributed by atoms with E-state index in [9.17, 15) is 0 Å². The summed E-state index contributed by atoms with van der Waals surface area (Å²) in [7, 11) is 1.64. The third kappa shape index (κ3) is 6.48. The van der Waals surface area contributed by atoms with Crippen LogP contribution in [0.2, 0.25) is 0 Å². The summed E-state index contributed by atoms with van der Waals surface area (Å²) in [6, 6.07) is 16.2. The first-order chi connectivity index (χ1) is 10.8. The summed E-state index contributed by atoms with van der Waals surface area (Å²) < 4.78 is 11.2. The molecule has 2 aromatic carbocycles. The van der Waals surface area contributed by atoms with Gasteiger partial charge in [0.15, 0.2) is 11.5 Å². The maximum absolute atomic E-state index is 8.77. The highest BCUT2D eigenvalue weighted by Gasteiger charge is 2.06. The largest absolute Gasteiger partial charge is 0.493 e. The van der Waals surface area contributed by atoms with Gasteiger partial charge in [-0.05, 0) is 23.3 Å². The van der Waals surface area contributed by atoms with E-state index in [1.165, 1.54) is 5.56 Å². The van der Waals surface area contributed by atoms with Crippen molar-refractivity contribution >= 4 is 12.4 Å². The Balaban J connectivity index is 0.00000264. The first-order valence-electron chi connectivity index (χ1n) is 7.48. The lowest BCUT2D eigenvalue weighted by molar-refractivity contribution is 0.291. The van der Waals surface area contributed by atoms with E-state index in [2.05, 4.69) is 17.4 Å². The molecule has 0 aliphatic heterocycles. The summed E-state index contributed by atoms with van der Waals surface area (Å²) in [6.45, 7) is 2.03. The van der Waals surface area contributed by atoms with E-state index in [0.717, 1.165) is 23.5 Å². The standard InChI is InChI=1S/C18H23NO3.ClH/c1-21-18-13-16(14-19-10-11-20)7-8-17(18)22-12-9-15-5-3-2-4-6-15;/h2-8,13,19-20H,9-12,14H2,1H3;1H. The van der Waals surface area contributed by atoms with Crippen LogP contribution in [0.1, 0.15) is 11.1 Å². The molecule has 2 N–H and O–H groups in total. The van der Waals surface area contributed by atoms with Crippen LogP contribution in [-0.4, -0.2) is 32.0 Å². The topological polar surface area (TPSA) is 50.7 Å². The van der Waals surface area contributed by atoms with E-state index in [-0.39, 0.29) is 19.0 Å². The Morgan fingerprint density at radius 1 is 1.00 bits per heavy atom. The number of nitrogens with one attached hydrogen (secondary N) is 1. The number of halogens is 1. The van der Waals surface area contributed by atoms with Crippen molar-refractivity contribution in [3.05, 3.63) is 59.7 Å². The van der Waals surface area contributed by atoms with Gasteiger partial charge in [0.1, 0.15) is 0 Å². The van der Waals surface area contributed by atoms with Gasteiger partial charge in [-0.1, -0.05) is 36.4 Å². The molecule has 0 heterocycles. The maximum atomic E-state index is 8.77. The number of benzene rings is 2. The van der Waals surface area contributed by atoms with E-state index in [1.54, 1.807) is 7.11 Å². The van der Waals surface area contributed by atoms with Crippen molar-refractivity contribution in [3.63, 3.8) is 0 Å². The Kier molecular flexibility index (Phi) is 9.14. The third-order valence-electron chi connectivity index (χ3n) is 3.34. The second-order valence-corrected chi connectivity index (χ2v) is 4.97. The molecular formula is C18H24ClNO3. The maximum Gasteiger partial charge on any atom is 0.161 e. The van der Waals surface area contributed by atoms with Crippen LogP contribution in [0.15, 0.2) is 48.5 Å². The zero-order chi connectivity index (χ0) is 15.6. The van der Waals surface area contributed by atoms with Crippen LogP contribution in [0.25, 0.3) is 0 Å². The van der Waals surface area contributed by atoms with Gasteiger partial charge in [-0.25, -0.2) is 0 Å². The predicted molar refractivity (Wildman–Crippen MR) is 94.7 cm³/mol. The minimum absolute atomic E-state index is 0. The molecule has 0 fully saturated rings. The molecule has 0 saturated carbocycles. The quantitative estimate of drug-likeness (QED) is 0.691. The van der Waals surface area contributed by atoms with Gasteiger partial charge in [0.05, 0.1) is 20.3 Å². The Labute approximate surface area is 143 Å². The van der Waals surface area contributed by atoms with E-state index in [4.69, 9.17) is 14.6 Å². The molecule has 0 aliphatic rings. The first-order valence-corrected chi connectivity index (χ1v) is 7.48. The van der Waals surface area contributed by atoms with Gasteiger partial charge in [-0.3, -0.25) is 0 Å². The molecule has 0 atom stereocenters. The number of aliphatic hydroxyl groups excluding tert-OH is 1. The summed E-state index contributed by atoms with van der Waals surface area (Å²) in [5.41, 5.74) is 2.35. The van der Waals surface area contributed by atoms with E-state index in [0.29, 0.717) is 19.7 Å². The van der Waals surface area contributed by atoms with Crippen molar-refractivity contribution in [1.82, 2.24) is 5.32 Å². The Morgan fingerprint density at radius 3 is 2.48 bits per heavy atom. The molecule has 0 aromatic heterocycles. The van der Waals surface area contributed by atoms with Gasteiger partial charge >= 0.3 is 0 Å². The van der Waals surface area contributed by atoms with Gasteiger partial charge in [-0.2, -0.15) is 0 Å². The average molecular weight is 338 g/mol. The van der Waals surface area contributed by atoms with Crippen molar-refractivity contribution < 1.29 is 14.6 Å². The number of rotatable bonds is 9. The van der Waals surface area contributed by atoms with Crippen LogP contribution >= 0.6 is 12.4 Å². The van der Waals surface area contributed by atoms with Crippen LogP contribution in [0.3, 0.4) is 0 Å². The van der Waals surface area contributed by atoms with E-state index < -0.39 is 0 Å². The van der Waals surface area contributed by atoms with Crippen LogP contribution in [0.4, 0.5) is 0 Å². The second kappa shape index (κ2) is 10.9. The molecule has 0 spiro atoms. The van der Waals surface area contributed by atoms with Crippen molar-refractivity contribution in [2.75, 3.05) is 26.9 Å². The minimum atomic E-state index is 0. The average Bonchev–Trinajstić information content (AvgIpc) is 2.57.